The summed E-state index contributed by atoms with van der Waals surface area (Å²) in [7, 11) is 1.82. The third-order valence-corrected chi connectivity index (χ3v) is 4.81. The second kappa shape index (κ2) is 10.4. The van der Waals surface area contributed by atoms with Crippen LogP contribution in [0.15, 0.2) is 53.4 Å². The molecule has 1 amide bonds. The monoisotopic (exact) mass is 386 g/mol. The maximum Gasteiger partial charge on any atom is 0.238 e. The van der Waals surface area contributed by atoms with E-state index in [2.05, 4.69) is 10.6 Å². The van der Waals surface area contributed by atoms with E-state index in [1.54, 1.807) is 0 Å². The highest BCUT2D eigenvalue weighted by Crippen LogP contribution is 2.35. The molecule has 2 unspecified atom stereocenters. The van der Waals surface area contributed by atoms with E-state index in [0.717, 1.165) is 17.7 Å². The zero-order valence-electron chi connectivity index (χ0n) is 14.0. The largest absolute Gasteiger partial charge is 0.353 e. The molecule has 2 atom stereocenters. The fourth-order valence-electron chi connectivity index (χ4n) is 2.04. The summed E-state index contributed by atoms with van der Waals surface area (Å²) in [5.74, 6) is -1.99. The van der Waals surface area contributed by atoms with Crippen molar-refractivity contribution < 1.29 is 13.6 Å². The highest BCUT2D eigenvalue weighted by atomic mass is 35.5. The van der Waals surface area contributed by atoms with Crippen molar-refractivity contribution in [2.24, 2.45) is 0 Å². The molecule has 0 fully saturated rings. The number of nitrogens with one attached hydrogen (secondary N) is 2. The molecule has 0 heterocycles. The topological polar surface area (TPSA) is 41.1 Å². The number of rotatable bonds is 7. The molecule has 0 spiro atoms. The van der Waals surface area contributed by atoms with Crippen LogP contribution in [0.3, 0.4) is 0 Å². The predicted molar refractivity (Wildman–Crippen MR) is 100 cm³/mol. The quantitative estimate of drug-likeness (QED) is 0.708. The summed E-state index contributed by atoms with van der Waals surface area (Å²) in [6, 6.07) is 13.0. The molecular weight excluding hydrogens is 366 g/mol. The number of halogens is 3. The van der Waals surface area contributed by atoms with E-state index < -0.39 is 16.9 Å². The average molecular weight is 387 g/mol. The van der Waals surface area contributed by atoms with Gasteiger partial charge in [0, 0.05) is 17.5 Å². The Morgan fingerprint density at radius 2 is 1.80 bits per heavy atom. The minimum Gasteiger partial charge on any atom is -0.353 e. The molecule has 2 N–H and O–H groups in total. The van der Waals surface area contributed by atoms with Gasteiger partial charge in [0.15, 0.2) is 11.6 Å². The second-order valence-corrected chi connectivity index (χ2v) is 6.60. The van der Waals surface area contributed by atoms with Gasteiger partial charge in [-0.3, -0.25) is 4.79 Å². The van der Waals surface area contributed by atoms with Gasteiger partial charge in [-0.1, -0.05) is 30.3 Å². The van der Waals surface area contributed by atoms with Crippen LogP contribution in [0, 0.1) is 11.6 Å². The molecular formula is C18H21ClF2N2OS. The average Bonchev–Trinajstić information content (AvgIpc) is 2.61. The van der Waals surface area contributed by atoms with Crippen LogP contribution in [0.1, 0.15) is 17.7 Å². The second-order valence-electron chi connectivity index (χ2n) is 5.42. The maximum absolute atomic E-state index is 13.4. The van der Waals surface area contributed by atoms with Crippen LogP contribution in [-0.2, 0) is 4.79 Å². The molecule has 2 rings (SSSR count). The van der Waals surface area contributed by atoms with E-state index >= 15 is 0 Å². The summed E-state index contributed by atoms with van der Waals surface area (Å²) in [5.41, 5.74) is 0.807. The Balaban J connectivity index is 0.00000312. The lowest BCUT2D eigenvalue weighted by molar-refractivity contribution is -0.120. The molecule has 0 bridgehead atoms. The van der Waals surface area contributed by atoms with Crippen molar-refractivity contribution in [2.45, 2.75) is 23.1 Å². The minimum atomic E-state index is -0.920. The Morgan fingerprint density at radius 3 is 2.40 bits per heavy atom. The zero-order chi connectivity index (χ0) is 17.5. The van der Waals surface area contributed by atoms with Gasteiger partial charge in [-0.05, 0) is 37.7 Å². The van der Waals surface area contributed by atoms with Gasteiger partial charge in [-0.15, -0.1) is 24.2 Å². The van der Waals surface area contributed by atoms with Crippen LogP contribution in [0.5, 0.6) is 0 Å². The van der Waals surface area contributed by atoms with Gasteiger partial charge < -0.3 is 10.6 Å². The lowest BCUT2D eigenvalue weighted by atomic mass is 10.1. The number of amides is 1. The molecule has 0 saturated carbocycles. The third kappa shape index (κ3) is 6.30. The van der Waals surface area contributed by atoms with E-state index in [0.29, 0.717) is 11.4 Å². The smallest absolute Gasteiger partial charge is 0.238 e. The standard InChI is InChI=1S/C18H20F2N2OS.ClH/c1-12(21-2)11-22-18(23)17(13-6-4-3-5-7-13)24-14-8-9-15(19)16(20)10-14;/h3-10,12,17,21H,11H2,1-2H3,(H,22,23);1H. The number of benzene rings is 2. The first-order valence-corrected chi connectivity index (χ1v) is 8.51. The van der Waals surface area contributed by atoms with Gasteiger partial charge in [-0.2, -0.15) is 0 Å². The number of carbonyl (C=O) groups excluding carboxylic acids is 1. The van der Waals surface area contributed by atoms with Crippen LogP contribution >= 0.6 is 24.2 Å². The van der Waals surface area contributed by atoms with E-state index in [-0.39, 0.29) is 24.4 Å². The summed E-state index contributed by atoms with van der Waals surface area (Å²) >= 11 is 1.19. The highest BCUT2D eigenvalue weighted by Gasteiger charge is 2.22. The Labute approximate surface area is 157 Å². The summed E-state index contributed by atoms with van der Waals surface area (Å²) in [5, 5.41) is 5.40. The van der Waals surface area contributed by atoms with Gasteiger partial charge >= 0.3 is 0 Å². The van der Waals surface area contributed by atoms with Crippen LogP contribution in [-0.4, -0.2) is 25.5 Å². The van der Waals surface area contributed by atoms with Crippen molar-refractivity contribution in [1.29, 1.82) is 0 Å². The molecule has 2 aromatic rings. The molecule has 0 aliphatic heterocycles. The first-order chi connectivity index (χ1) is 11.5. The maximum atomic E-state index is 13.4. The lowest BCUT2D eigenvalue weighted by Gasteiger charge is -2.19. The molecule has 0 aliphatic rings. The molecule has 2 aromatic carbocycles. The third-order valence-electron chi connectivity index (χ3n) is 3.56. The Bertz CT molecular complexity index is 688. The number of hydrogen-bond donors (Lipinski definition) is 2. The molecule has 7 heteroatoms. The molecule has 0 aromatic heterocycles. The van der Waals surface area contributed by atoms with Crippen molar-refractivity contribution in [3.63, 3.8) is 0 Å². The van der Waals surface area contributed by atoms with Gasteiger partial charge in [0.1, 0.15) is 5.25 Å². The van der Waals surface area contributed by atoms with Gasteiger partial charge in [0.05, 0.1) is 0 Å². The zero-order valence-corrected chi connectivity index (χ0v) is 15.6. The van der Waals surface area contributed by atoms with Crippen LogP contribution in [0.2, 0.25) is 0 Å². The fourth-order valence-corrected chi connectivity index (χ4v) is 3.11. The molecule has 0 saturated heterocycles. The van der Waals surface area contributed by atoms with Gasteiger partial charge in [-0.25, -0.2) is 8.78 Å². The molecule has 25 heavy (non-hydrogen) atoms. The molecule has 136 valence electrons. The summed E-state index contributed by atoms with van der Waals surface area (Å²) in [4.78, 5) is 13.1. The number of hydrogen-bond acceptors (Lipinski definition) is 3. The van der Waals surface area contributed by atoms with Crippen LogP contribution < -0.4 is 10.6 Å². The van der Waals surface area contributed by atoms with Crippen molar-refractivity contribution >= 4 is 30.1 Å². The normalized spacial score (nSPS) is 12.8. The molecule has 0 aliphatic carbocycles. The number of carbonyl (C=O) groups is 1. The number of thioether (sulfide) groups is 1. The summed E-state index contributed by atoms with van der Waals surface area (Å²) in [6.45, 7) is 2.44. The van der Waals surface area contributed by atoms with E-state index in [1.807, 2.05) is 44.3 Å². The lowest BCUT2D eigenvalue weighted by Crippen LogP contribution is -2.38. The number of likely N-dealkylation sites (N-methyl/N-ethyl adjacent to an activating group) is 1. The van der Waals surface area contributed by atoms with Crippen molar-refractivity contribution in [3.8, 4) is 0 Å². The summed E-state index contributed by atoms with van der Waals surface area (Å²) < 4.78 is 26.5. The van der Waals surface area contributed by atoms with E-state index in [1.165, 1.54) is 17.8 Å². The van der Waals surface area contributed by atoms with Crippen molar-refractivity contribution in [2.75, 3.05) is 13.6 Å². The predicted octanol–water partition coefficient (Wildman–Crippen LogP) is 3.94. The SMILES string of the molecule is CNC(C)CNC(=O)C(Sc1ccc(F)c(F)c1)c1ccccc1.Cl. The Kier molecular flexibility index (Phi) is 8.89. The Hall–Kier alpha value is -1.63. The first-order valence-electron chi connectivity index (χ1n) is 7.63. The van der Waals surface area contributed by atoms with Gasteiger partial charge in [0.2, 0.25) is 5.91 Å². The summed E-state index contributed by atoms with van der Waals surface area (Å²) in [6.07, 6.45) is 0. The molecule has 0 radical (unpaired) electrons. The fraction of sp³-hybridized carbons (Fsp3) is 0.278. The van der Waals surface area contributed by atoms with E-state index in [4.69, 9.17) is 0 Å². The molecule has 3 nitrogen and oxygen atoms in total. The van der Waals surface area contributed by atoms with Crippen LogP contribution in [0.25, 0.3) is 0 Å². The first kappa shape index (κ1) is 21.4. The van der Waals surface area contributed by atoms with Crippen molar-refractivity contribution in [1.82, 2.24) is 10.6 Å². The van der Waals surface area contributed by atoms with Gasteiger partial charge in [0.25, 0.3) is 0 Å². The van der Waals surface area contributed by atoms with Crippen LogP contribution in [0.4, 0.5) is 8.78 Å². The van der Waals surface area contributed by atoms with E-state index in [9.17, 15) is 13.6 Å². The minimum absolute atomic E-state index is 0. The highest BCUT2D eigenvalue weighted by molar-refractivity contribution is 8.00. The van der Waals surface area contributed by atoms with Crippen molar-refractivity contribution in [3.05, 3.63) is 65.7 Å². The Morgan fingerprint density at radius 1 is 1.12 bits per heavy atom.